The molecular weight excluding hydrogens is 214 g/mol. The van der Waals surface area contributed by atoms with Crippen molar-refractivity contribution in [2.45, 2.75) is 39.9 Å². The van der Waals surface area contributed by atoms with Gasteiger partial charge < -0.3 is 4.74 Å². The van der Waals surface area contributed by atoms with E-state index in [9.17, 15) is 0 Å². The Morgan fingerprint density at radius 3 is 2.65 bits per heavy atom. The van der Waals surface area contributed by atoms with E-state index in [0.29, 0.717) is 6.10 Å². The fraction of sp³-hybridized carbons (Fsp3) is 0.769. The molecule has 2 atom stereocenters. The minimum atomic E-state index is 0.183. The van der Waals surface area contributed by atoms with E-state index in [2.05, 4.69) is 23.8 Å². The predicted molar refractivity (Wildman–Crippen MR) is 70.0 cm³/mol. The maximum Gasteiger partial charge on any atom is 0.0986 e. The van der Waals surface area contributed by atoms with Gasteiger partial charge in [-0.05, 0) is 13.5 Å². The van der Waals surface area contributed by atoms with Gasteiger partial charge in [0.25, 0.3) is 0 Å². The number of morpholine rings is 1. The summed E-state index contributed by atoms with van der Waals surface area (Å²) in [6.07, 6.45) is 4.43. The van der Waals surface area contributed by atoms with Crippen LogP contribution in [0.2, 0.25) is 0 Å². The molecule has 0 aliphatic carbocycles. The molecule has 0 N–H and O–H groups in total. The summed E-state index contributed by atoms with van der Waals surface area (Å²) in [7, 11) is 1.94. The minimum absolute atomic E-state index is 0.183. The quantitative estimate of drug-likeness (QED) is 0.793. The van der Waals surface area contributed by atoms with E-state index in [1.54, 1.807) is 0 Å². The SMILES string of the molecule is CC.CCN1CC(C)OC(c2cnn(C)c2)C1. The lowest BCUT2D eigenvalue weighted by Crippen LogP contribution is -2.42. The highest BCUT2D eigenvalue weighted by molar-refractivity contribution is 5.09. The Balaban J connectivity index is 0.000000686. The summed E-state index contributed by atoms with van der Waals surface area (Å²) in [5, 5.41) is 4.19. The normalized spacial score (nSPS) is 25.2. The van der Waals surface area contributed by atoms with Crippen molar-refractivity contribution in [1.82, 2.24) is 14.7 Å². The molecule has 1 aromatic heterocycles. The molecule has 2 unspecified atom stereocenters. The maximum atomic E-state index is 5.92. The molecule has 2 heterocycles. The molecule has 4 heteroatoms. The van der Waals surface area contributed by atoms with Crippen LogP contribution in [0, 0.1) is 0 Å². The van der Waals surface area contributed by atoms with Crippen LogP contribution < -0.4 is 0 Å². The smallest absolute Gasteiger partial charge is 0.0986 e. The highest BCUT2D eigenvalue weighted by Crippen LogP contribution is 2.24. The summed E-state index contributed by atoms with van der Waals surface area (Å²) in [6.45, 7) is 11.4. The second-order valence-electron chi connectivity index (χ2n) is 4.23. The Bertz CT molecular complexity index is 324. The number of aromatic nitrogens is 2. The monoisotopic (exact) mass is 239 g/mol. The van der Waals surface area contributed by atoms with Gasteiger partial charge in [-0.1, -0.05) is 20.8 Å². The first-order chi connectivity index (χ1) is 8.19. The fourth-order valence-electron chi connectivity index (χ4n) is 2.09. The van der Waals surface area contributed by atoms with Gasteiger partial charge in [0.1, 0.15) is 0 Å². The molecule has 2 rings (SSSR count). The van der Waals surface area contributed by atoms with Gasteiger partial charge >= 0.3 is 0 Å². The zero-order chi connectivity index (χ0) is 12.8. The van der Waals surface area contributed by atoms with Crippen molar-refractivity contribution in [3.63, 3.8) is 0 Å². The van der Waals surface area contributed by atoms with E-state index in [0.717, 1.165) is 19.6 Å². The van der Waals surface area contributed by atoms with Crippen LogP contribution in [-0.4, -0.2) is 40.4 Å². The molecular formula is C13H25N3O. The first-order valence-corrected chi connectivity index (χ1v) is 6.55. The molecule has 0 saturated carbocycles. The fourth-order valence-corrected chi connectivity index (χ4v) is 2.09. The zero-order valence-electron chi connectivity index (χ0n) is 11.7. The second kappa shape index (κ2) is 6.77. The molecule has 98 valence electrons. The Morgan fingerprint density at radius 1 is 1.41 bits per heavy atom. The van der Waals surface area contributed by atoms with E-state index >= 15 is 0 Å². The lowest BCUT2D eigenvalue weighted by Gasteiger charge is -2.35. The van der Waals surface area contributed by atoms with Gasteiger partial charge in [-0.2, -0.15) is 5.10 Å². The molecule has 1 saturated heterocycles. The van der Waals surface area contributed by atoms with E-state index in [1.165, 1.54) is 5.56 Å². The average Bonchev–Trinajstić information content (AvgIpc) is 2.78. The van der Waals surface area contributed by atoms with Gasteiger partial charge in [0.2, 0.25) is 0 Å². The number of aryl methyl sites for hydroxylation is 1. The Labute approximate surface area is 105 Å². The molecule has 0 spiro atoms. The van der Waals surface area contributed by atoms with E-state index in [-0.39, 0.29) is 6.10 Å². The number of hydrogen-bond donors (Lipinski definition) is 0. The minimum Gasteiger partial charge on any atom is -0.368 e. The molecule has 0 bridgehead atoms. The number of likely N-dealkylation sites (N-methyl/N-ethyl adjacent to an activating group) is 1. The number of nitrogens with zero attached hydrogens (tertiary/aromatic N) is 3. The third-order valence-electron chi connectivity index (χ3n) is 2.88. The number of rotatable bonds is 2. The summed E-state index contributed by atoms with van der Waals surface area (Å²) < 4.78 is 7.75. The van der Waals surface area contributed by atoms with Gasteiger partial charge in [0.15, 0.2) is 0 Å². The van der Waals surface area contributed by atoms with Crippen molar-refractivity contribution in [2.75, 3.05) is 19.6 Å². The van der Waals surface area contributed by atoms with Crippen LogP contribution in [0.15, 0.2) is 12.4 Å². The van der Waals surface area contributed by atoms with Crippen LogP contribution in [0.25, 0.3) is 0 Å². The first kappa shape index (κ1) is 14.2. The highest BCUT2D eigenvalue weighted by Gasteiger charge is 2.26. The van der Waals surface area contributed by atoms with E-state index < -0.39 is 0 Å². The van der Waals surface area contributed by atoms with Crippen molar-refractivity contribution < 1.29 is 4.74 Å². The van der Waals surface area contributed by atoms with E-state index in [4.69, 9.17) is 4.74 Å². The van der Waals surface area contributed by atoms with Gasteiger partial charge in [-0.25, -0.2) is 0 Å². The van der Waals surface area contributed by atoms with Crippen molar-refractivity contribution >= 4 is 0 Å². The van der Waals surface area contributed by atoms with Gasteiger partial charge in [-0.3, -0.25) is 9.58 Å². The van der Waals surface area contributed by atoms with Crippen LogP contribution in [0.3, 0.4) is 0 Å². The summed E-state index contributed by atoms with van der Waals surface area (Å²) in [4.78, 5) is 2.42. The van der Waals surface area contributed by atoms with Crippen LogP contribution in [-0.2, 0) is 11.8 Å². The average molecular weight is 239 g/mol. The molecule has 0 radical (unpaired) electrons. The third-order valence-corrected chi connectivity index (χ3v) is 2.88. The van der Waals surface area contributed by atoms with Gasteiger partial charge in [0, 0.05) is 31.9 Å². The standard InChI is InChI=1S/C11H19N3O.C2H6/c1-4-14-6-9(2)15-11(8-14)10-5-12-13(3)7-10;1-2/h5,7,9,11H,4,6,8H2,1-3H3;1-2H3. The third kappa shape index (κ3) is 3.82. The molecule has 0 amide bonds. The predicted octanol–water partition coefficient (Wildman–Crippen LogP) is 2.23. The first-order valence-electron chi connectivity index (χ1n) is 6.55. The van der Waals surface area contributed by atoms with Crippen LogP contribution >= 0.6 is 0 Å². The molecule has 1 aliphatic heterocycles. The summed E-state index contributed by atoms with van der Waals surface area (Å²) in [5.41, 5.74) is 1.18. The van der Waals surface area contributed by atoms with Crippen LogP contribution in [0.1, 0.15) is 39.4 Å². The Kier molecular flexibility index (Phi) is 5.65. The summed E-state index contributed by atoms with van der Waals surface area (Å²) >= 11 is 0. The summed E-state index contributed by atoms with van der Waals surface area (Å²) in [6, 6.07) is 0. The van der Waals surface area contributed by atoms with Crippen LogP contribution in [0.4, 0.5) is 0 Å². The largest absolute Gasteiger partial charge is 0.368 e. The summed E-state index contributed by atoms with van der Waals surface area (Å²) in [5.74, 6) is 0. The number of ether oxygens (including phenoxy) is 1. The Hall–Kier alpha value is -0.870. The molecule has 0 aromatic carbocycles. The van der Waals surface area contributed by atoms with Crippen molar-refractivity contribution in [3.05, 3.63) is 18.0 Å². The van der Waals surface area contributed by atoms with Gasteiger partial charge in [0.05, 0.1) is 18.4 Å². The van der Waals surface area contributed by atoms with Crippen molar-refractivity contribution in [3.8, 4) is 0 Å². The maximum absolute atomic E-state index is 5.92. The van der Waals surface area contributed by atoms with Crippen LogP contribution in [0.5, 0.6) is 0 Å². The molecule has 17 heavy (non-hydrogen) atoms. The van der Waals surface area contributed by atoms with Gasteiger partial charge in [-0.15, -0.1) is 0 Å². The molecule has 1 aromatic rings. The van der Waals surface area contributed by atoms with Crippen molar-refractivity contribution in [2.24, 2.45) is 7.05 Å². The van der Waals surface area contributed by atoms with Crippen molar-refractivity contribution in [1.29, 1.82) is 0 Å². The lowest BCUT2D eigenvalue weighted by molar-refractivity contribution is -0.0774. The molecule has 1 aliphatic rings. The molecule has 4 nitrogen and oxygen atoms in total. The van der Waals surface area contributed by atoms with E-state index in [1.807, 2.05) is 38.0 Å². The Morgan fingerprint density at radius 2 is 2.12 bits per heavy atom. The second-order valence-corrected chi connectivity index (χ2v) is 4.23. The zero-order valence-corrected chi connectivity index (χ0v) is 11.7. The lowest BCUT2D eigenvalue weighted by atomic mass is 10.1. The number of hydrogen-bond acceptors (Lipinski definition) is 3. The highest BCUT2D eigenvalue weighted by atomic mass is 16.5. The molecule has 1 fully saturated rings. The topological polar surface area (TPSA) is 30.3 Å².